The molecular formula is C12H24N2O. The highest BCUT2D eigenvalue weighted by Gasteiger charge is 2.28. The molecule has 0 aromatic rings. The molecule has 1 unspecified atom stereocenters. The van der Waals surface area contributed by atoms with Crippen molar-refractivity contribution in [3.63, 3.8) is 0 Å². The maximum absolute atomic E-state index is 5.41. The molecule has 0 aromatic carbocycles. The van der Waals surface area contributed by atoms with Gasteiger partial charge in [-0.05, 0) is 26.2 Å². The molecule has 2 fully saturated rings. The van der Waals surface area contributed by atoms with E-state index >= 15 is 0 Å². The lowest BCUT2D eigenvalue weighted by molar-refractivity contribution is 0.172. The van der Waals surface area contributed by atoms with Crippen molar-refractivity contribution in [3.05, 3.63) is 0 Å². The number of hydrogen-bond acceptors (Lipinski definition) is 3. The smallest absolute Gasteiger partial charge is 0.0646 e. The van der Waals surface area contributed by atoms with E-state index in [4.69, 9.17) is 4.74 Å². The molecular weight excluding hydrogens is 188 g/mol. The first-order valence-corrected chi connectivity index (χ1v) is 6.35. The van der Waals surface area contributed by atoms with Crippen LogP contribution in [0.3, 0.4) is 0 Å². The molecule has 1 saturated heterocycles. The summed E-state index contributed by atoms with van der Waals surface area (Å²) in [4.78, 5) is 0. The van der Waals surface area contributed by atoms with Gasteiger partial charge < -0.3 is 15.4 Å². The van der Waals surface area contributed by atoms with Gasteiger partial charge in [-0.2, -0.15) is 0 Å². The lowest BCUT2D eigenvalue weighted by Crippen LogP contribution is -2.46. The van der Waals surface area contributed by atoms with Crippen LogP contribution in [0.15, 0.2) is 0 Å². The van der Waals surface area contributed by atoms with Gasteiger partial charge in [-0.3, -0.25) is 0 Å². The fourth-order valence-electron chi connectivity index (χ4n) is 2.58. The minimum absolute atomic E-state index is 0.233. The molecule has 0 radical (unpaired) electrons. The third-order valence-corrected chi connectivity index (χ3v) is 3.68. The van der Waals surface area contributed by atoms with Crippen LogP contribution in [-0.2, 0) is 4.74 Å². The van der Waals surface area contributed by atoms with Gasteiger partial charge in [0.2, 0.25) is 0 Å². The van der Waals surface area contributed by atoms with Crippen LogP contribution >= 0.6 is 0 Å². The van der Waals surface area contributed by atoms with Crippen molar-refractivity contribution in [2.75, 3.05) is 26.3 Å². The van der Waals surface area contributed by atoms with Crippen molar-refractivity contribution in [2.45, 2.75) is 50.6 Å². The lowest BCUT2D eigenvalue weighted by atomic mass is 10.0. The first-order chi connectivity index (χ1) is 7.29. The maximum Gasteiger partial charge on any atom is 0.0646 e. The lowest BCUT2D eigenvalue weighted by Gasteiger charge is -2.24. The Bertz CT molecular complexity index is 184. The number of rotatable bonds is 5. The van der Waals surface area contributed by atoms with Crippen LogP contribution in [0.4, 0.5) is 0 Å². The van der Waals surface area contributed by atoms with Gasteiger partial charge in [-0.1, -0.05) is 12.8 Å². The fourth-order valence-corrected chi connectivity index (χ4v) is 2.58. The molecule has 0 spiro atoms. The first-order valence-electron chi connectivity index (χ1n) is 6.35. The van der Waals surface area contributed by atoms with Crippen LogP contribution in [0.2, 0.25) is 0 Å². The van der Waals surface area contributed by atoms with Gasteiger partial charge in [-0.25, -0.2) is 0 Å². The molecule has 1 aliphatic heterocycles. The van der Waals surface area contributed by atoms with Crippen molar-refractivity contribution in [3.8, 4) is 0 Å². The van der Waals surface area contributed by atoms with Gasteiger partial charge in [-0.15, -0.1) is 0 Å². The standard InChI is InChI=1S/C12H24N2O/c1-12(6-9-15-10-12)14-8-7-13-11-4-2-3-5-11/h11,13-14H,2-10H2,1H3. The van der Waals surface area contributed by atoms with Crippen molar-refractivity contribution in [1.82, 2.24) is 10.6 Å². The highest BCUT2D eigenvalue weighted by atomic mass is 16.5. The van der Waals surface area contributed by atoms with Gasteiger partial charge in [0.1, 0.15) is 0 Å². The maximum atomic E-state index is 5.41. The summed E-state index contributed by atoms with van der Waals surface area (Å²) in [5, 5.41) is 7.21. The summed E-state index contributed by atoms with van der Waals surface area (Å²) < 4.78 is 5.41. The van der Waals surface area contributed by atoms with Crippen LogP contribution in [0.1, 0.15) is 39.0 Å². The molecule has 0 amide bonds. The minimum Gasteiger partial charge on any atom is -0.379 e. The number of hydrogen-bond donors (Lipinski definition) is 2. The summed E-state index contributed by atoms with van der Waals surface area (Å²) in [6, 6.07) is 0.791. The quantitative estimate of drug-likeness (QED) is 0.674. The third-order valence-electron chi connectivity index (χ3n) is 3.68. The molecule has 1 aliphatic carbocycles. The van der Waals surface area contributed by atoms with E-state index in [1.165, 1.54) is 25.7 Å². The van der Waals surface area contributed by atoms with Gasteiger partial charge in [0.05, 0.1) is 6.61 Å². The highest BCUT2D eigenvalue weighted by molar-refractivity contribution is 4.87. The van der Waals surface area contributed by atoms with Crippen molar-refractivity contribution < 1.29 is 4.74 Å². The Hall–Kier alpha value is -0.120. The third kappa shape index (κ3) is 3.44. The monoisotopic (exact) mass is 212 g/mol. The molecule has 3 heteroatoms. The zero-order chi connectivity index (χ0) is 10.6. The van der Waals surface area contributed by atoms with E-state index in [9.17, 15) is 0 Å². The molecule has 2 aliphatic rings. The molecule has 1 saturated carbocycles. The molecule has 2 rings (SSSR count). The first kappa shape index (κ1) is 11.4. The second kappa shape index (κ2) is 5.28. The number of nitrogens with one attached hydrogen (secondary N) is 2. The van der Waals surface area contributed by atoms with Crippen molar-refractivity contribution in [2.24, 2.45) is 0 Å². The average molecular weight is 212 g/mol. The Morgan fingerprint density at radius 2 is 2.07 bits per heavy atom. The summed E-state index contributed by atoms with van der Waals surface area (Å²) in [6.07, 6.45) is 6.73. The molecule has 15 heavy (non-hydrogen) atoms. The van der Waals surface area contributed by atoms with Gasteiger partial charge in [0, 0.05) is 31.3 Å². The molecule has 1 heterocycles. The van der Waals surface area contributed by atoms with Gasteiger partial charge in [0.25, 0.3) is 0 Å². The van der Waals surface area contributed by atoms with Crippen LogP contribution in [0.5, 0.6) is 0 Å². The van der Waals surface area contributed by atoms with Gasteiger partial charge >= 0.3 is 0 Å². The van der Waals surface area contributed by atoms with E-state index in [2.05, 4.69) is 17.6 Å². The van der Waals surface area contributed by atoms with E-state index in [-0.39, 0.29) is 5.54 Å². The van der Waals surface area contributed by atoms with Gasteiger partial charge in [0.15, 0.2) is 0 Å². The van der Waals surface area contributed by atoms with E-state index in [0.717, 1.165) is 38.8 Å². The number of ether oxygens (including phenoxy) is 1. The fraction of sp³-hybridized carbons (Fsp3) is 1.00. The molecule has 3 nitrogen and oxygen atoms in total. The summed E-state index contributed by atoms with van der Waals surface area (Å²) in [5.74, 6) is 0. The highest BCUT2D eigenvalue weighted by Crippen LogP contribution is 2.18. The summed E-state index contributed by atoms with van der Waals surface area (Å²) in [6.45, 7) is 6.21. The summed E-state index contributed by atoms with van der Waals surface area (Å²) in [7, 11) is 0. The van der Waals surface area contributed by atoms with Crippen molar-refractivity contribution in [1.29, 1.82) is 0 Å². The van der Waals surface area contributed by atoms with E-state index in [1.54, 1.807) is 0 Å². The Kier molecular flexibility index (Phi) is 4.00. The SMILES string of the molecule is CC1(NCCNC2CCCC2)CCOC1. The average Bonchev–Trinajstić information content (AvgIpc) is 2.84. The molecule has 2 N–H and O–H groups in total. The normalized spacial score (nSPS) is 32.6. The topological polar surface area (TPSA) is 33.3 Å². The molecule has 0 bridgehead atoms. The zero-order valence-corrected chi connectivity index (χ0v) is 9.85. The van der Waals surface area contributed by atoms with Crippen LogP contribution in [0.25, 0.3) is 0 Å². The second-order valence-electron chi connectivity index (χ2n) is 5.23. The zero-order valence-electron chi connectivity index (χ0n) is 9.85. The summed E-state index contributed by atoms with van der Waals surface area (Å²) in [5.41, 5.74) is 0.233. The Balaban J connectivity index is 1.54. The van der Waals surface area contributed by atoms with Crippen LogP contribution < -0.4 is 10.6 Å². The Labute approximate surface area is 93.0 Å². The van der Waals surface area contributed by atoms with Crippen LogP contribution in [-0.4, -0.2) is 37.9 Å². The Morgan fingerprint density at radius 1 is 1.27 bits per heavy atom. The second-order valence-corrected chi connectivity index (χ2v) is 5.23. The van der Waals surface area contributed by atoms with E-state index in [0.29, 0.717) is 0 Å². The molecule has 0 aromatic heterocycles. The van der Waals surface area contributed by atoms with E-state index < -0.39 is 0 Å². The van der Waals surface area contributed by atoms with E-state index in [1.807, 2.05) is 0 Å². The van der Waals surface area contributed by atoms with Crippen LogP contribution in [0, 0.1) is 0 Å². The summed E-state index contributed by atoms with van der Waals surface area (Å²) >= 11 is 0. The minimum atomic E-state index is 0.233. The predicted octanol–water partition coefficient (Wildman–Crippen LogP) is 1.29. The largest absolute Gasteiger partial charge is 0.379 e. The van der Waals surface area contributed by atoms with Crippen molar-refractivity contribution >= 4 is 0 Å². The predicted molar refractivity (Wildman–Crippen MR) is 62.1 cm³/mol. The molecule has 1 atom stereocenters. The Morgan fingerprint density at radius 3 is 2.73 bits per heavy atom. The molecule has 88 valence electrons.